The van der Waals surface area contributed by atoms with Gasteiger partial charge in [-0.15, -0.1) is 11.6 Å². The first-order chi connectivity index (χ1) is 6.61. The number of aromatic nitrogens is 1. The zero-order valence-electron chi connectivity index (χ0n) is 6.77. The number of alkyl halides is 3. The van der Waals surface area contributed by atoms with E-state index < -0.39 is 6.43 Å². The minimum Gasteiger partial charge on any atom is -0.258 e. The molecule has 0 N–H and O–H groups in total. The smallest absolute Gasteiger partial charge is 0.258 e. The lowest BCUT2D eigenvalue weighted by atomic mass is 10.1. The molecule has 0 fully saturated rings. The molecular formula is C8H4BrClF2N2. The van der Waals surface area contributed by atoms with Crippen molar-refractivity contribution in [2.75, 3.05) is 0 Å². The largest absolute Gasteiger partial charge is 0.266 e. The van der Waals surface area contributed by atoms with E-state index in [0.29, 0.717) is 0 Å². The molecule has 14 heavy (non-hydrogen) atoms. The molecule has 2 nitrogen and oxygen atoms in total. The minimum atomic E-state index is -2.70. The Morgan fingerprint density at radius 2 is 2.29 bits per heavy atom. The molecule has 0 saturated heterocycles. The van der Waals surface area contributed by atoms with Gasteiger partial charge in [0.1, 0.15) is 6.07 Å². The Labute approximate surface area is 92.6 Å². The molecule has 0 saturated carbocycles. The number of hydrogen-bond acceptors (Lipinski definition) is 2. The molecule has 0 unspecified atom stereocenters. The number of halogens is 4. The van der Waals surface area contributed by atoms with Crippen molar-refractivity contribution in [3.8, 4) is 6.07 Å². The van der Waals surface area contributed by atoms with E-state index in [1.807, 2.05) is 0 Å². The first-order valence-electron chi connectivity index (χ1n) is 3.53. The predicted molar refractivity (Wildman–Crippen MR) is 51.2 cm³/mol. The maximum atomic E-state index is 12.6. The summed E-state index contributed by atoms with van der Waals surface area (Å²) in [7, 11) is 0. The molecule has 0 aromatic carbocycles. The van der Waals surface area contributed by atoms with Gasteiger partial charge in [0, 0.05) is 10.7 Å². The molecule has 1 rings (SSSR count). The lowest BCUT2D eigenvalue weighted by molar-refractivity contribution is 0.149. The van der Waals surface area contributed by atoms with Crippen LogP contribution in [0.5, 0.6) is 0 Å². The van der Waals surface area contributed by atoms with Crippen LogP contribution in [-0.4, -0.2) is 4.98 Å². The van der Waals surface area contributed by atoms with Crippen LogP contribution < -0.4 is 0 Å². The topological polar surface area (TPSA) is 36.7 Å². The molecule has 1 aromatic heterocycles. The second kappa shape index (κ2) is 4.67. The highest BCUT2D eigenvalue weighted by atomic mass is 79.9. The summed E-state index contributed by atoms with van der Waals surface area (Å²) < 4.78 is 25.2. The van der Waals surface area contributed by atoms with Crippen LogP contribution in [0.25, 0.3) is 0 Å². The fourth-order valence-electron chi connectivity index (χ4n) is 0.947. The van der Waals surface area contributed by atoms with Gasteiger partial charge in [-0.25, -0.2) is 8.78 Å². The van der Waals surface area contributed by atoms with E-state index in [0.717, 1.165) is 0 Å². The molecule has 0 spiro atoms. The van der Waals surface area contributed by atoms with Crippen molar-refractivity contribution < 1.29 is 8.78 Å². The Balaban J connectivity index is 3.41. The van der Waals surface area contributed by atoms with Gasteiger partial charge in [0.25, 0.3) is 6.43 Å². The summed E-state index contributed by atoms with van der Waals surface area (Å²) in [6, 6.07) is 1.76. The predicted octanol–water partition coefficient (Wildman–Crippen LogP) is 3.39. The van der Waals surface area contributed by atoms with Crippen molar-refractivity contribution in [3.63, 3.8) is 0 Å². The van der Waals surface area contributed by atoms with Gasteiger partial charge in [-0.3, -0.25) is 4.98 Å². The third-order valence-corrected chi connectivity index (χ3v) is 2.71. The van der Waals surface area contributed by atoms with Crippen LogP contribution >= 0.6 is 27.5 Å². The second-order valence-corrected chi connectivity index (χ2v) is 3.45. The fourth-order valence-corrected chi connectivity index (χ4v) is 1.75. The Kier molecular flexibility index (Phi) is 3.78. The Hall–Kier alpha value is -0.730. The molecule has 0 bridgehead atoms. The molecule has 0 aliphatic rings. The summed E-state index contributed by atoms with van der Waals surface area (Å²) in [6.07, 6.45) is -1.48. The maximum Gasteiger partial charge on any atom is 0.266 e. The first-order valence-corrected chi connectivity index (χ1v) is 4.86. The summed E-state index contributed by atoms with van der Waals surface area (Å²) in [6.45, 7) is 0. The highest BCUT2D eigenvalue weighted by Gasteiger charge is 2.20. The van der Waals surface area contributed by atoms with Crippen LogP contribution in [0, 0.1) is 11.3 Å². The number of nitriles is 1. The Bertz CT molecular complexity index is 390. The van der Waals surface area contributed by atoms with Crippen molar-refractivity contribution in [2.45, 2.75) is 12.3 Å². The van der Waals surface area contributed by atoms with E-state index in [1.54, 1.807) is 6.07 Å². The summed E-state index contributed by atoms with van der Waals surface area (Å²) in [4.78, 5) is 3.69. The SMILES string of the molecule is N#Cc1cnc(CCl)c(C(F)F)c1Br. The van der Waals surface area contributed by atoms with Crippen LogP contribution in [0.3, 0.4) is 0 Å². The van der Waals surface area contributed by atoms with Crippen LogP contribution in [0.15, 0.2) is 10.7 Å². The molecule has 74 valence electrons. The molecular weight excluding hydrogens is 277 g/mol. The van der Waals surface area contributed by atoms with Crippen molar-refractivity contribution in [3.05, 3.63) is 27.5 Å². The molecule has 6 heteroatoms. The monoisotopic (exact) mass is 280 g/mol. The highest BCUT2D eigenvalue weighted by molar-refractivity contribution is 9.10. The lowest BCUT2D eigenvalue weighted by Crippen LogP contribution is -1.99. The second-order valence-electron chi connectivity index (χ2n) is 2.39. The van der Waals surface area contributed by atoms with Gasteiger partial charge in [-0.1, -0.05) is 0 Å². The Morgan fingerprint density at radius 1 is 1.64 bits per heavy atom. The van der Waals surface area contributed by atoms with E-state index in [-0.39, 0.29) is 27.2 Å². The molecule has 0 aliphatic carbocycles. The number of hydrogen-bond donors (Lipinski definition) is 0. The van der Waals surface area contributed by atoms with Crippen LogP contribution in [0.1, 0.15) is 23.2 Å². The van der Waals surface area contributed by atoms with Gasteiger partial charge in [-0.2, -0.15) is 5.26 Å². The summed E-state index contributed by atoms with van der Waals surface area (Å²) in [5, 5.41) is 8.59. The number of nitrogens with zero attached hydrogens (tertiary/aromatic N) is 2. The highest BCUT2D eigenvalue weighted by Crippen LogP contribution is 2.32. The van der Waals surface area contributed by atoms with Gasteiger partial charge in [0.05, 0.1) is 22.7 Å². The van der Waals surface area contributed by atoms with Gasteiger partial charge in [0.15, 0.2) is 0 Å². The minimum absolute atomic E-state index is 0.0700. The normalized spacial score (nSPS) is 10.3. The number of rotatable bonds is 2. The number of pyridine rings is 1. The zero-order chi connectivity index (χ0) is 10.7. The average molecular weight is 281 g/mol. The van der Waals surface area contributed by atoms with Gasteiger partial charge >= 0.3 is 0 Å². The van der Waals surface area contributed by atoms with E-state index in [1.165, 1.54) is 6.20 Å². The van der Waals surface area contributed by atoms with Gasteiger partial charge in [-0.05, 0) is 15.9 Å². The zero-order valence-corrected chi connectivity index (χ0v) is 9.11. The van der Waals surface area contributed by atoms with Crippen LogP contribution in [-0.2, 0) is 5.88 Å². The van der Waals surface area contributed by atoms with Crippen molar-refractivity contribution in [1.82, 2.24) is 4.98 Å². The lowest BCUT2D eigenvalue weighted by Gasteiger charge is -2.08. The molecule has 0 atom stereocenters. The quantitative estimate of drug-likeness (QED) is 0.779. The third-order valence-electron chi connectivity index (χ3n) is 1.60. The fraction of sp³-hybridized carbons (Fsp3) is 0.250. The van der Waals surface area contributed by atoms with E-state index in [4.69, 9.17) is 16.9 Å². The van der Waals surface area contributed by atoms with Crippen LogP contribution in [0.4, 0.5) is 8.78 Å². The van der Waals surface area contributed by atoms with E-state index in [2.05, 4.69) is 20.9 Å². The van der Waals surface area contributed by atoms with Gasteiger partial charge < -0.3 is 0 Å². The summed E-state index contributed by atoms with van der Waals surface area (Å²) >= 11 is 8.38. The van der Waals surface area contributed by atoms with Crippen LogP contribution in [0.2, 0.25) is 0 Å². The molecule has 0 radical (unpaired) electrons. The van der Waals surface area contributed by atoms with E-state index in [9.17, 15) is 8.78 Å². The molecule has 1 aromatic rings. The molecule has 0 aliphatic heterocycles. The van der Waals surface area contributed by atoms with E-state index >= 15 is 0 Å². The average Bonchev–Trinajstić information content (AvgIpc) is 2.16. The van der Waals surface area contributed by atoms with Crippen molar-refractivity contribution in [2.24, 2.45) is 0 Å². The maximum absolute atomic E-state index is 12.6. The van der Waals surface area contributed by atoms with Gasteiger partial charge in [0.2, 0.25) is 0 Å². The molecule has 1 heterocycles. The van der Waals surface area contributed by atoms with Crippen molar-refractivity contribution >= 4 is 27.5 Å². The first kappa shape index (κ1) is 11.3. The Morgan fingerprint density at radius 3 is 2.71 bits per heavy atom. The van der Waals surface area contributed by atoms with Crippen molar-refractivity contribution in [1.29, 1.82) is 5.26 Å². The standard InChI is InChI=1S/C8H4BrClF2N2/c9-7-4(2-13)3-14-5(1-10)6(7)8(11)12/h3,8H,1H2. The third kappa shape index (κ3) is 2.02. The summed E-state index contributed by atoms with van der Waals surface area (Å²) in [5.74, 6) is -0.107. The molecule has 0 amide bonds. The summed E-state index contributed by atoms with van der Waals surface area (Å²) in [5.41, 5.74) is -0.138.